The topological polar surface area (TPSA) is 29.1 Å². The van der Waals surface area contributed by atoms with Gasteiger partial charge in [0.15, 0.2) is 0 Å². The molecule has 0 spiro atoms. The number of benzene rings is 2. The Balaban J connectivity index is 1.90. The average Bonchev–Trinajstić information content (AvgIpc) is 2.65. The van der Waals surface area contributed by atoms with E-state index in [1.54, 1.807) is 11.8 Å². The second-order valence-corrected chi connectivity index (χ2v) is 6.92. The molecule has 3 rings (SSSR count). The van der Waals surface area contributed by atoms with Crippen molar-refractivity contribution in [3.63, 3.8) is 0 Å². The first-order valence-electron chi connectivity index (χ1n) is 7.29. The molecule has 0 aromatic heterocycles. The Bertz CT molecular complexity index is 649. The van der Waals surface area contributed by atoms with E-state index in [0.717, 1.165) is 10.6 Å². The minimum Gasteiger partial charge on any atom is -0.325 e. The number of carbonyl (C=O) groups excluding carboxylic acids is 1. The van der Waals surface area contributed by atoms with Crippen LogP contribution in [-0.4, -0.2) is 5.91 Å². The van der Waals surface area contributed by atoms with Crippen molar-refractivity contribution in [1.29, 1.82) is 0 Å². The third-order valence-electron chi connectivity index (χ3n) is 3.78. The summed E-state index contributed by atoms with van der Waals surface area (Å²) in [6.45, 7) is 4.39. The van der Waals surface area contributed by atoms with E-state index >= 15 is 0 Å². The lowest BCUT2D eigenvalue weighted by Crippen LogP contribution is -2.11. The van der Waals surface area contributed by atoms with Gasteiger partial charge >= 0.3 is 0 Å². The van der Waals surface area contributed by atoms with E-state index in [1.165, 1.54) is 11.1 Å². The molecule has 0 unspecified atom stereocenters. The number of thioether (sulfide) groups is 1. The number of fused-ring (bicyclic) bond motifs is 1. The summed E-state index contributed by atoms with van der Waals surface area (Å²) in [6.07, 6.45) is 0.514. The van der Waals surface area contributed by atoms with Crippen LogP contribution in [0.3, 0.4) is 0 Å². The molecule has 2 aromatic rings. The zero-order chi connectivity index (χ0) is 14.8. The average molecular weight is 297 g/mol. The smallest absolute Gasteiger partial charge is 0.225 e. The van der Waals surface area contributed by atoms with Gasteiger partial charge in [-0.3, -0.25) is 4.79 Å². The highest BCUT2D eigenvalue weighted by Crippen LogP contribution is 2.43. The fourth-order valence-electron chi connectivity index (χ4n) is 2.52. The van der Waals surface area contributed by atoms with E-state index in [1.807, 2.05) is 18.2 Å². The van der Waals surface area contributed by atoms with E-state index in [-0.39, 0.29) is 11.2 Å². The third-order valence-corrected chi connectivity index (χ3v) is 5.11. The zero-order valence-corrected chi connectivity index (χ0v) is 13.1. The van der Waals surface area contributed by atoms with Gasteiger partial charge in [0, 0.05) is 16.6 Å². The molecular weight excluding hydrogens is 278 g/mol. The fourth-order valence-corrected chi connectivity index (χ4v) is 3.76. The third kappa shape index (κ3) is 3.13. The van der Waals surface area contributed by atoms with Crippen LogP contribution >= 0.6 is 11.8 Å². The summed E-state index contributed by atoms with van der Waals surface area (Å²) >= 11 is 1.77. The molecule has 3 heteroatoms. The van der Waals surface area contributed by atoms with Gasteiger partial charge < -0.3 is 5.32 Å². The first-order chi connectivity index (χ1) is 10.1. The van der Waals surface area contributed by atoms with Crippen LogP contribution in [-0.2, 0) is 4.79 Å². The van der Waals surface area contributed by atoms with Crippen LogP contribution in [0.5, 0.6) is 0 Å². The Hall–Kier alpha value is -1.74. The summed E-state index contributed by atoms with van der Waals surface area (Å²) in [5.41, 5.74) is 3.48. The van der Waals surface area contributed by atoms with E-state index < -0.39 is 0 Å². The highest BCUT2D eigenvalue weighted by Gasteiger charge is 2.23. The predicted octanol–water partition coefficient (Wildman–Crippen LogP) is 4.99. The summed E-state index contributed by atoms with van der Waals surface area (Å²) in [7, 11) is 0. The number of anilines is 1. The lowest BCUT2D eigenvalue weighted by molar-refractivity contribution is -0.116. The highest BCUT2D eigenvalue weighted by atomic mass is 32.2. The Morgan fingerprint density at radius 1 is 1.10 bits per heavy atom. The maximum atomic E-state index is 12.1. The van der Waals surface area contributed by atoms with Crippen molar-refractivity contribution in [1.82, 2.24) is 0 Å². The molecule has 0 bridgehead atoms. The molecule has 0 aliphatic carbocycles. The van der Waals surface area contributed by atoms with Crippen molar-refractivity contribution >= 4 is 23.4 Å². The predicted molar refractivity (Wildman–Crippen MR) is 88.8 cm³/mol. The van der Waals surface area contributed by atoms with Crippen LogP contribution in [0.2, 0.25) is 0 Å². The molecule has 1 amide bonds. The van der Waals surface area contributed by atoms with Gasteiger partial charge in [0.2, 0.25) is 5.91 Å². The Kier molecular flexibility index (Phi) is 4.02. The Morgan fingerprint density at radius 2 is 1.81 bits per heavy atom. The monoisotopic (exact) mass is 297 g/mol. The number of para-hydroxylation sites is 1. The first-order valence-corrected chi connectivity index (χ1v) is 8.17. The van der Waals surface area contributed by atoms with Crippen molar-refractivity contribution < 1.29 is 4.79 Å². The number of hydrogen-bond donors (Lipinski definition) is 1. The maximum absolute atomic E-state index is 12.1. The minimum atomic E-state index is 0.0883. The van der Waals surface area contributed by atoms with Crippen LogP contribution < -0.4 is 5.32 Å². The van der Waals surface area contributed by atoms with E-state index in [4.69, 9.17) is 0 Å². The number of nitrogens with one attached hydrogen (secondary N) is 1. The lowest BCUT2D eigenvalue weighted by atomic mass is 10.00. The van der Waals surface area contributed by atoms with Crippen molar-refractivity contribution in [2.45, 2.75) is 36.3 Å². The summed E-state index contributed by atoms with van der Waals surface area (Å²) < 4.78 is 0. The molecule has 0 saturated carbocycles. The van der Waals surface area contributed by atoms with Gasteiger partial charge in [-0.1, -0.05) is 50.2 Å². The van der Waals surface area contributed by atoms with Gasteiger partial charge in [-0.15, -0.1) is 11.8 Å². The molecule has 0 radical (unpaired) electrons. The number of hydrogen-bond acceptors (Lipinski definition) is 2. The molecule has 0 fully saturated rings. The maximum Gasteiger partial charge on any atom is 0.225 e. The van der Waals surface area contributed by atoms with Gasteiger partial charge in [0.1, 0.15) is 0 Å². The van der Waals surface area contributed by atoms with Crippen LogP contribution in [0.1, 0.15) is 42.6 Å². The number of amides is 1. The normalized spacial score (nSPS) is 18.0. The Labute approximate surface area is 130 Å². The summed E-state index contributed by atoms with van der Waals surface area (Å²) in [4.78, 5) is 13.2. The van der Waals surface area contributed by atoms with E-state index in [0.29, 0.717) is 12.3 Å². The van der Waals surface area contributed by atoms with Crippen LogP contribution in [0, 0.1) is 0 Å². The van der Waals surface area contributed by atoms with Crippen molar-refractivity contribution in [3.8, 4) is 0 Å². The van der Waals surface area contributed by atoms with Crippen molar-refractivity contribution in [2.24, 2.45) is 0 Å². The molecule has 2 aromatic carbocycles. The van der Waals surface area contributed by atoms with Gasteiger partial charge in [-0.25, -0.2) is 0 Å². The van der Waals surface area contributed by atoms with Gasteiger partial charge in [0.05, 0.1) is 5.69 Å². The van der Waals surface area contributed by atoms with Crippen LogP contribution in [0.15, 0.2) is 53.4 Å². The fraction of sp³-hybridized carbons (Fsp3) is 0.278. The standard InChI is InChI=1S/C18H19NOS/c1-12(2)13-7-9-14(10-8-13)17-11-18(20)19-15-5-3-4-6-16(15)21-17/h3-10,12,17H,11H2,1-2H3,(H,19,20)/t17-/m1/s1. The van der Waals surface area contributed by atoms with Crippen LogP contribution in [0.25, 0.3) is 0 Å². The summed E-state index contributed by atoms with van der Waals surface area (Å²) in [5, 5.41) is 3.17. The molecule has 1 heterocycles. The zero-order valence-electron chi connectivity index (χ0n) is 12.3. The molecular formula is C18H19NOS. The molecule has 1 atom stereocenters. The largest absolute Gasteiger partial charge is 0.325 e. The lowest BCUT2D eigenvalue weighted by Gasteiger charge is -2.15. The summed E-state index contributed by atoms with van der Waals surface area (Å²) in [6, 6.07) is 16.7. The van der Waals surface area contributed by atoms with Crippen LogP contribution in [0.4, 0.5) is 5.69 Å². The van der Waals surface area contributed by atoms with Gasteiger partial charge in [0.25, 0.3) is 0 Å². The van der Waals surface area contributed by atoms with Crippen molar-refractivity contribution in [2.75, 3.05) is 5.32 Å². The molecule has 0 saturated heterocycles. The second-order valence-electron chi connectivity index (χ2n) is 5.68. The quantitative estimate of drug-likeness (QED) is 0.846. The van der Waals surface area contributed by atoms with Gasteiger partial charge in [-0.05, 0) is 29.2 Å². The van der Waals surface area contributed by atoms with E-state index in [2.05, 4.69) is 49.5 Å². The highest BCUT2D eigenvalue weighted by molar-refractivity contribution is 7.99. The first kappa shape index (κ1) is 14.2. The molecule has 1 aliphatic rings. The molecule has 108 valence electrons. The van der Waals surface area contributed by atoms with Gasteiger partial charge in [-0.2, -0.15) is 0 Å². The molecule has 21 heavy (non-hydrogen) atoms. The SMILES string of the molecule is CC(C)c1ccc([C@H]2CC(=O)Nc3ccccc3S2)cc1. The molecule has 2 nitrogen and oxygen atoms in total. The second kappa shape index (κ2) is 5.94. The number of carbonyl (C=O) groups is 1. The Morgan fingerprint density at radius 3 is 2.52 bits per heavy atom. The van der Waals surface area contributed by atoms with E-state index in [9.17, 15) is 4.79 Å². The molecule has 1 N–H and O–H groups in total. The minimum absolute atomic E-state index is 0.0883. The number of rotatable bonds is 2. The van der Waals surface area contributed by atoms with Crippen molar-refractivity contribution in [3.05, 3.63) is 59.7 Å². The molecule has 1 aliphatic heterocycles. The summed E-state index contributed by atoms with van der Waals surface area (Å²) in [5.74, 6) is 0.621.